The molecule has 0 amide bonds. The van der Waals surface area contributed by atoms with Gasteiger partial charge >= 0.3 is 0 Å². The fourth-order valence-corrected chi connectivity index (χ4v) is 6.43. The molecule has 1 spiro atoms. The van der Waals surface area contributed by atoms with Gasteiger partial charge in [-0.2, -0.15) is 0 Å². The first-order valence-electron chi connectivity index (χ1n) is 11.3. The molecule has 1 atom stereocenters. The molecule has 11 heteroatoms. The van der Waals surface area contributed by atoms with Crippen LogP contribution in [0.25, 0.3) is 5.65 Å². The minimum Gasteiger partial charge on any atom is -0.382 e. The lowest BCUT2D eigenvalue weighted by Crippen LogP contribution is -2.45. The third kappa shape index (κ3) is 3.43. The number of imidazole rings is 1. The molecule has 0 radical (unpaired) electrons. The Kier molecular flexibility index (Phi) is 5.20. The Bertz CT molecular complexity index is 1400. The van der Waals surface area contributed by atoms with Crippen LogP contribution in [0.15, 0.2) is 52.8 Å². The van der Waals surface area contributed by atoms with Crippen molar-refractivity contribution < 1.29 is 0 Å². The van der Waals surface area contributed by atoms with E-state index in [1.807, 2.05) is 38.6 Å². The summed E-state index contributed by atoms with van der Waals surface area (Å²) >= 11 is 7.87. The maximum Gasteiger partial charge on any atom is 0.211 e. The zero-order chi connectivity index (χ0) is 23.4. The molecule has 2 aliphatic rings. The summed E-state index contributed by atoms with van der Waals surface area (Å²) < 4.78 is 2.08. The number of pyridine rings is 2. The average molecular weight is 491 g/mol. The molecule has 6 rings (SSSR count). The summed E-state index contributed by atoms with van der Waals surface area (Å²) in [5, 5.41) is 0.447. The van der Waals surface area contributed by atoms with E-state index in [4.69, 9.17) is 33.0 Å². The van der Waals surface area contributed by atoms with Gasteiger partial charge in [0.2, 0.25) is 5.95 Å². The summed E-state index contributed by atoms with van der Waals surface area (Å²) in [6.07, 6.45) is 10.4. The van der Waals surface area contributed by atoms with Crippen molar-refractivity contribution >= 4 is 54.2 Å². The van der Waals surface area contributed by atoms with Crippen LogP contribution in [0, 0.1) is 5.41 Å². The molecule has 8 nitrogen and oxygen atoms in total. The number of anilines is 2. The highest BCUT2D eigenvalue weighted by atomic mass is 35.5. The SMILES string of the molecule is Bc1cn2c(N3CCC4(CC3)Cc3ncccc3C4N)ncc(Sc3ccnc(N)c3Cl)c2n1. The second kappa shape index (κ2) is 8.14. The average Bonchev–Trinajstić information content (AvgIpc) is 3.36. The number of fused-ring (bicyclic) bond motifs is 2. The van der Waals surface area contributed by atoms with E-state index in [0.29, 0.717) is 10.8 Å². The lowest BCUT2D eigenvalue weighted by molar-refractivity contribution is 0.186. The van der Waals surface area contributed by atoms with Gasteiger partial charge in [-0.3, -0.25) is 9.38 Å². The van der Waals surface area contributed by atoms with Crippen LogP contribution >= 0.6 is 23.4 Å². The Morgan fingerprint density at radius 1 is 1.12 bits per heavy atom. The molecular formula is C23H24BClN8S. The van der Waals surface area contributed by atoms with E-state index < -0.39 is 0 Å². The van der Waals surface area contributed by atoms with Gasteiger partial charge in [-0.25, -0.2) is 15.0 Å². The third-order valence-corrected chi connectivity index (χ3v) is 8.72. The number of piperidine rings is 1. The molecule has 172 valence electrons. The fourth-order valence-electron chi connectivity index (χ4n) is 5.30. The van der Waals surface area contributed by atoms with Crippen LogP contribution < -0.4 is 22.0 Å². The van der Waals surface area contributed by atoms with E-state index in [1.54, 1.807) is 6.20 Å². The number of nitrogens with two attached hydrogens (primary N) is 2. The van der Waals surface area contributed by atoms with Crippen molar-refractivity contribution in [3.8, 4) is 0 Å². The maximum atomic E-state index is 6.73. The molecule has 0 saturated carbocycles. The lowest BCUT2D eigenvalue weighted by atomic mass is 9.73. The van der Waals surface area contributed by atoms with Crippen molar-refractivity contribution in [2.24, 2.45) is 11.1 Å². The maximum absolute atomic E-state index is 6.73. The van der Waals surface area contributed by atoms with Crippen LogP contribution in [0.2, 0.25) is 5.02 Å². The normalized spacial score (nSPS) is 19.1. The number of rotatable bonds is 3. The molecule has 1 fully saturated rings. The standard InChI is InChI=1S/C23H24BClN8S/c24-17-12-33-21(31-17)16(34-15-3-7-29-20(27)18(15)25)11-30-22(33)32-8-4-23(5-9-32)10-14-13(19(23)26)2-1-6-28-14/h1-3,6-7,11-12,19H,4-5,8-10,24,26H2,(H2,27,29). The van der Waals surface area contributed by atoms with Gasteiger partial charge in [-0.15, -0.1) is 0 Å². The second-order valence-electron chi connectivity index (χ2n) is 9.15. The second-order valence-corrected chi connectivity index (χ2v) is 10.6. The first kappa shape index (κ1) is 21.7. The molecule has 4 aromatic rings. The first-order valence-corrected chi connectivity index (χ1v) is 12.5. The largest absolute Gasteiger partial charge is 0.382 e. The van der Waals surface area contributed by atoms with Gasteiger partial charge in [0.15, 0.2) is 13.5 Å². The lowest BCUT2D eigenvalue weighted by Gasteiger charge is -2.42. The van der Waals surface area contributed by atoms with Gasteiger partial charge in [0.25, 0.3) is 0 Å². The predicted molar refractivity (Wildman–Crippen MR) is 138 cm³/mol. The molecule has 0 bridgehead atoms. The highest BCUT2D eigenvalue weighted by Gasteiger charge is 2.46. The smallest absolute Gasteiger partial charge is 0.211 e. The van der Waals surface area contributed by atoms with Crippen molar-refractivity contribution in [1.29, 1.82) is 0 Å². The summed E-state index contributed by atoms with van der Waals surface area (Å²) in [5.41, 5.74) is 16.9. The van der Waals surface area contributed by atoms with Crippen molar-refractivity contribution in [2.75, 3.05) is 23.7 Å². The molecule has 4 aromatic heterocycles. The molecule has 1 saturated heterocycles. The highest BCUT2D eigenvalue weighted by Crippen LogP contribution is 2.50. The highest BCUT2D eigenvalue weighted by molar-refractivity contribution is 7.99. The zero-order valence-electron chi connectivity index (χ0n) is 18.8. The van der Waals surface area contributed by atoms with Crippen molar-refractivity contribution in [2.45, 2.75) is 35.1 Å². The monoisotopic (exact) mass is 490 g/mol. The van der Waals surface area contributed by atoms with Gasteiger partial charge < -0.3 is 16.4 Å². The van der Waals surface area contributed by atoms with Crippen LogP contribution in [-0.4, -0.2) is 45.3 Å². The van der Waals surface area contributed by atoms with Gasteiger partial charge in [0, 0.05) is 60.1 Å². The van der Waals surface area contributed by atoms with E-state index in [2.05, 4.69) is 25.3 Å². The Hall–Kier alpha value is -2.82. The minimum atomic E-state index is 0.0399. The van der Waals surface area contributed by atoms with Crippen molar-refractivity contribution in [3.63, 3.8) is 0 Å². The van der Waals surface area contributed by atoms with E-state index in [0.717, 1.165) is 65.0 Å². The van der Waals surface area contributed by atoms with Crippen LogP contribution in [-0.2, 0) is 6.42 Å². The van der Waals surface area contributed by atoms with Crippen molar-refractivity contribution in [3.05, 3.63) is 59.3 Å². The molecule has 34 heavy (non-hydrogen) atoms. The summed E-state index contributed by atoms with van der Waals surface area (Å²) in [4.78, 5) is 22.4. The van der Waals surface area contributed by atoms with Crippen LogP contribution in [0.5, 0.6) is 0 Å². The summed E-state index contributed by atoms with van der Waals surface area (Å²) in [7, 11) is 2.00. The van der Waals surface area contributed by atoms with Crippen LogP contribution in [0.1, 0.15) is 30.1 Å². The van der Waals surface area contributed by atoms with E-state index in [1.165, 1.54) is 17.3 Å². The zero-order valence-corrected chi connectivity index (χ0v) is 20.4. The Labute approximate surface area is 207 Å². The summed E-state index contributed by atoms with van der Waals surface area (Å²) in [5.74, 6) is 1.22. The van der Waals surface area contributed by atoms with E-state index in [9.17, 15) is 0 Å². The Balaban J connectivity index is 1.28. The number of halogens is 1. The first-order chi connectivity index (χ1) is 16.4. The van der Waals surface area contributed by atoms with Crippen LogP contribution in [0.4, 0.5) is 11.8 Å². The summed E-state index contributed by atoms with van der Waals surface area (Å²) in [6.45, 7) is 1.78. The quantitative estimate of drug-likeness (QED) is 0.420. The van der Waals surface area contributed by atoms with Gasteiger partial charge in [0.05, 0.1) is 9.92 Å². The van der Waals surface area contributed by atoms with Crippen molar-refractivity contribution in [1.82, 2.24) is 24.3 Å². The molecule has 4 N–H and O–H groups in total. The molecular weight excluding hydrogens is 467 g/mol. The Morgan fingerprint density at radius 2 is 1.94 bits per heavy atom. The van der Waals surface area contributed by atoms with E-state index in [-0.39, 0.29) is 11.5 Å². The predicted octanol–water partition coefficient (Wildman–Crippen LogP) is 2.01. The van der Waals surface area contributed by atoms with Gasteiger partial charge in [-0.1, -0.05) is 29.4 Å². The number of hydrogen-bond acceptors (Lipinski definition) is 8. The van der Waals surface area contributed by atoms with E-state index >= 15 is 0 Å². The third-order valence-electron chi connectivity index (χ3n) is 7.14. The Morgan fingerprint density at radius 3 is 2.74 bits per heavy atom. The summed E-state index contributed by atoms with van der Waals surface area (Å²) in [6, 6.07) is 6.01. The van der Waals surface area contributed by atoms with Gasteiger partial charge in [0.1, 0.15) is 5.82 Å². The minimum absolute atomic E-state index is 0.0399. The number of aromatic nitrogens is 5. The number of nitrogens with zero attached hydrogens (tertiary/aromatic N) is 6. The molecule has 1 unspecified atom stereocenters. The molecule has 1 aliphatic heterocycles. The molecule has 0 aromatic carbocycles. The van der Waals surface area contributed by atoms with Crippen LogP contribution in [0.3, 0.4) is 0 Å². The molecule has 1 aliphatic carbocycles. The van der Waals surface area contributed by atoms with Gasteiger partial charge in [-0.05, 0) is 42.4 Å². The number of hydrogen-bond donors (Lipinski definition) is 2. The topological polar surface area (TPSA) is 111 Å². The fraction of sp³-hybridized carbons (Fsp3) is 0.304. The molecule has 5 heterocycles. The number of nitrogen functional groups attached to an aromatic ring is 1.